The molecule has 0 aliphatic heterocycles. The molecule has 3 heteroatoms. The van der Waals surface area contributed by atoms with Gasteiger partial charge in [-0.05, 0) is 12.5 Å². The van der Waals surface area contributed by atoms with E-state index in [0.29, 0.717) is 6.42 Å². The summed E-state index contributed by atoms with van der Waals surface area (Å²) in [6, 6.07) is 9.45. The fourth-order valence-electron chi connectivity index (χ4n) is 1.16. The van der Waals surface area contributed by atoms with Gasteiger partial charge >= 0.3 is 29.6 Å². The third-order valence-corrected chi connectivity index (χ3v) is 1.69. The Morgan fingerprint density at radius 1 is 1.21 bits per heavy atom. The number of Topliss-reactive ketones (excluding diaryl/α,β-unsaturated/α-hetero) is 2. The molecular formula is C11H13NaO2. The van der Waals surface area contributed by atoms with Gasteiger partial charge in [-0.3, -0.25) is 9.59 Å². The van der Waals surface area contributed by atoms with Crippen molar-refractivity contribution in [2.75, 3.05) is 0 Å². The Kier molecular flexibility index (Phi) is 6.71. The van der Waals surface area contributed by atoms with E-state index in [-0.39, 0.29) is 49.0 Å². The molecule has 1 aromatic carbocycles. The second kappa shape index (κ2) is 6.93. The molecule has 0 fully saturated rings. The molecule has 1 aromatic rings. The van der Waals surface area contributed by atoms with E-state index in [1.54, 1.807) is 0 Å². The van der Waals surface area contributed by atoms with Gasteiger partial charge in [0, 0.05) is 6.42 Å². The zero-order valence-corrected chi connectivity index (χ0v) is 10.6. The van der Waals surface area contributed by atoms with Gasteiger partial charge in [-0.25, -0.2) is 0 Å². The zero-order valence-electron chi connectivity index (χ0n) is 9.62. The van der Waals surface area contributed by atoms with Gasteiger partial charge in [0.1, 0.15) is 11.6 Å². The summed E-state index contributed by atoms with van der Waals surface area (Å²) in [6.45, 7) is 1.43. The third-order valence-electron chi connectivity index (χ3n) is 1.69. The van der Waals surface area contributed by atoms with E-state index in [1.165, 1.54) is 6.92 Å². The minimum Gasteiger partial charge on any atom is -1.00 e. The zero-order chi connectivity index (χ0) is 9.68. The van der Waals surface area contributed by atoms with Gasteiger partial charge in [0.2, 0.25) is 0 Å². The molecule has 0 aromatic heterocycles. The van der Waals surface area contributed by atoms with Crippen molar-refractivity contribution in [1.29, 1.82) is 0 Å². The summed E-state index contributed by atoms with van der Waals surface area (Å²) in [7, 11) is 0. The predicted octanol–water partition coefficient (Wildman–Crippen LogP) is -1.11. The summed E-state index contributed by atoms with van der Waals surface area (Å²) in [5.41, 5.74) is 0.966. The van der Waals surface area contributed by atoms with Crippen LogP contribution in [0.3, 0.4) is 0 Å². The summed E-state index contributed by atoms with van der Waals surface area (Å²) in [5.74, 6) is -0.0837. The van der Waals surface area contributed by atoms with Crippen molar-refractivity contribution in [2.45, 2.75) is 19.8 Å². The van der Waals surface area contributed by atoms with Crippen LogP contribution >= 0.6 is 0 Å². The van der Waals surface area contributed by atoms with Crippen molar-refractivity contribution >= 4 is 11.6 Å². The molecule has 0 heterocycles. The molecule has 0 atom stereocenters. The molecule has 1 rings (SSSR count). The monoisotopic (exact) mass is 200 g/mol. The number of hydrogen-bond donors (Lipinski definition) is 0. The van der Waals surface area contributed by atoms with Crippen molar-refractivity contribution in [3.05, 3.63) is 35.9 Å². The molecule has 2 nitrogen and oxygen atoms in total. The SMILES string of the molecule is CC(=O)CC(=O)Cc1ccccc1.[H-].[Na+]. The molecule has 14 heavy (non-hydrogen) atoms. The molecule has 0 aliphatic carbocycles. The third kappa shape index (κ3) is 5.32. The Labute approximate surface area is 107 Å². The van der Waals surface area contributed by atoms with Crippen molar-refractivity contribution in [1.82, 2.24) is 0 Å². The molecule has 0 amide bonds. The summed E-state index contributed by atoms with van der Waals surface area (Å²) >= 11 is 0. The van der Waals surface area contributed by atoms with Crippen molar-refractivity contribution in [3.63, 3.8) is 0 Å². The molecule has 0 saturated heterocycles. The van der Waals surface area contributed by atoms with Gasteiger partial charge in [-0.15, -0.1) is 0 Å². The molecule has 0 radical (unpaired) electrons. The quantitative estimate of drug-likeness (QED) is 0.456. The Bertz CT molecular complexity index is 312. The van der Waals surface area contributed by atoms with Crippen molar-refractivity contribution < 1.29 is 40.6 Å². The molecule has 0 N–H and O–H groups in total. The maximum absolute atomic E-state index is 11.2. The summed E-state index contributed by atoms with van der Waals surface area (Å²) in [5, 5.41) is 0. The van der Waals surface area contributed by atoms with Crippen molar-refractivity contribution in [3.8, 4) is 0 Å². The van der Waals surface area contributed by atoms with E-state index in [2.05, 4.69) is 0 Å². The van der Waals surface area contributed by atoms with Crippen LogP contribution < -0.4 is 29.6 Å². The summed E-state index contributed by atoms with van der Waals surface area (Å²) in [4.78, 5) is 21.8. The standard InChI is InChI=1S/C11H12O2.Na.H/c1-9(12)7-11(13)8-10-5-3-2-4-6-10;;/h2-6H,7-8H2,1H3;;/q;+1;-1. The second-order valence-electron chi connectivity index (χ2n) is 3.08. The number of benzene rings is 1. The second-order valence-corrected chi connectivity index (χ2v) is 3.08. The Balaban J connectivity index is 0. The van der Waals surface area contributed by atoms with E-state index in [9.17, 15) is 9.59 Å². The number of hydrogen-bond acceptors (Lipinski definition) is 2. The summed E-state index contributed by atoms with van der Waals surface area (Å²) < 4.78 is 0. The molecule has 70 valence electrons. The van der Waals surface area contributed by atoms with E-state index in [4.69, 9.17) is 0 Å². The fourth-order valence-corrected chi connectivity index (χ4v) is 1.16. The van der Waals surface area contributed by atoms with Gasteiger partial charge < -0.3 is 1.43 Å². The van der Waals surface area contributed by atoms with Crippen LogP contribution in [0.25, 0.3) is 0 Å². The average Bonchev–Trinajstić information content (AvgIpc) is 2.04. The smallest absolute Gasteiger partial charge is 1.00 e. The Morgan fingerprint density at radius 2 is 1.79 bits per heavy atom. The van der Waals surface area contributed by atoms with E-state index < -0.39 is 0 Å². The first-order valence-electron chi connectivity index (χ1n) is 4.23. The first-order valence-corrected chi connectivity index (χ1v) is 4.23. The number of rotatable bonds is 4. The molecule has 0 bridgehead atoms. The van der Waals surface area contributed by atoms with Crippen LogP contribution in [0.5, 0.6) is 0 Å². The van der Waals surface area contributed by atoms with Crippen LogP contribution in [-0.2, 0) is 16.0 Å². The first kappa shape index (κ1) is 13.6. The first-order chi connectivity index (χ1) is 6.18. The topological polar surface area (TPSA) is 34.1 Å². The Hall–Kier alpha value is -0.440. The van der Waals surface area contributed by atoms with Crippen LogP contribution in [0.1, 0.15) is 20.3 Å². The van der Waals surface area contributed by atoms with Crippen LogP contribution in [0, 0.1) is 0 Å². The normalized spacial score (nSPS) is 8.93. The van der Waals surface area contributed by atoms with Crippen LogP contribution in [0.2, 0.25) is 0 Å². The van der Waals surface area contributed by atoms with Gasteiger partial charge in [-0.1, -0.05) is 30.3 Å². The average molecular weight is 200 g/mol. The maximum Gasteiger partial charge on any atom is 1.00 e. The largest absolute Gasteiger partial charge is 1.00 e. The fraction of sp³-hybridized carbons (Fsp3) is 0.273. The van der Waals surface area contributed by atoms with E-state index >= 15 is 0 Å². The van der Waals surface area contributed by atoms with E-state index in [0.717, 1.165) is 5.56 Å². The van der Waals surface area contributed by atoms with Gasteiger partial charge in [0.05, 0.1) is 6.42 Å². The molecule has 0 aliphatic rings. The molecule has 0 unspecified atom stereocenters. The summed E-state index contributed by atoms with van der Waals surface area (Å²) in [6.07, 6.45) is 0.412. The Morgan fingerprint density at radius 3 is 2.29 bits per heavy atom. The maximum atomic E-state index is 11.2. The van der Waals surface area contributed by atoms with Crippen LogP contribution in [-0.4, -0.2) is 11.6 Å². The van der Waals surface area contributed by atoms with Gasteiger partial charge in [0.25, 0.3) is 0 Å². The minimum absolute atomic E-state index is 0. The molecule has 0 spiro atoms. The van der Waals surface area contributed by atoms with Crippen LogP contribution in [0.15, 0.2) is 30.3 Å². The number of ketones is 2. The van der Waals surface area contributed by atoms with Crippen LogP contribution in [0.4, 0.5) is 0 Å². The van der Waals surface area contributed by atoms with Crippen molar-refractivity contribution in [2.24, 2.45) is 0 Å². The minimum atomic E-state index is -0.0686. The predicted molar refractivity (Wildman–Crippen MR) is 51.6 cm³/mol. The molecular weight excluding hydrogens is 187 g/mol. The van der Waals surface area contributed by atoms with Gasteiger partial charge in [-0.2, -0.15) is 0 Å². The van der Waals surface area contributed by atoms with E-state index in [1.807, 2.05) is 30.3 Å². The van der Waals surface area contributed by atoms with Gasteiger partial charge in [0.15, 0.2) is 0 Å². The number of carbonyl (C=O) groups is 2. The number of carbonyl (C=O) groups excluding carboxylic acids is 2. The molecule has 0 saturated carbocycles.